The maximum Gasteiger partial charge on any atom is 0.295 e. The Bertz CT molecular complexity index is 1470. The van der Waals surface area contributed by atoms with E-state index in [1.807, 2.05) is 30.3 Å². The maximum absolute atomic E-state index is 13.5. The van der Waals surface area contributed by atoms with Crippen molar-refractivity contribution in [3.05, 3.63) is 115 Å². The van der Waals surface area contributed by atoms with Gasteiger partial charge in [-0.2, -0.15) is 0 Å². The standard InChI is InChI=1S/C28H21FN4O3/c1-35-23-17-13-22(14-18-23)33-27(19-7-9-20(29)10-8-19)31-26(32-33)28(34)30-21-11-15-25(16-12-21)36-24-5-3-2-4-6-24/h2-18H,1H3,(H,30,34). The van der Waals surface area contributed by atoms with Gasteiger partial charge in [0, 0.05) is 11.3 Å². The molecule has 0 radical (unpaired) electrons. The van der Waals surface area contributed by atoms with E-state index in [1.54, 1.807) is 72.5 Å². The number of methoxy groups -OCH3 is 1. The number of nitrogens with zero attached hydrogens (tertiary/aromatic N) is 3. The number of nitrogens with one attached hydrogen (secondary N) is 1. The molecule has 0 aliphatic carbocycles. The highest BCUT2D eigenvalue weighted by Gasteiger charge is 2.19. The molecule has 0 bridgehead atoms. The van der Waals surface area contributed by atoms with Gasteiger partial charge in [0.1, 0.15) is 23.1 Å². The van der Waals surface area contributed by atoms with Gasteiger partial charge in [-0.1, -0.05) is 18.2 Å². The lowest BCUT2D eigenvalue weighted by atomic mass is 10.2. The average molecular weight is 480 g/mol. The fraction of sp³-hybridized carbons (Fsp3) is 0.0357. The molecule has 36 heavy (non-hydrogen) atoms. The molecule has 4 aromatic carbocycles. The number of hydrogen-bond acceptors (Lipinski definition) is 5. The van der Waals surface area contributed by atoms with Crippen molar-refractivity contribution in [3.63, 3.8) is 0 Å². The Hall–Kier alpha value is -4.98. The van der Waals surface area contributed by atoms with E-state index in [0.717, 1.165) is 5.75 Å². The second-order valence-electron chi connectivity index (χ2n) is 7.77. The van der Waals surface area contributed by atoms with Crippen LogP contribution in [0.3, 0.4) is 0 Å². The molecule has 0 unspecified atom stereocenters. The Kier molecular flexibility index (Phi) is 6.40. The Morgan fingerprint density at radius 1 is 0.806 bits per heavy atom. The number of rotatable bonds is 7. The summed E-state index contributed by atoms with van der Waals surface area (Å²) in [5.74, 6) is 1.55. The molecule has 8 heteroatoms. The minimum Gasteiger partial charge on any atom is -0.497 e. The highest BCUT2D eigenvalue weighted by Crippen LogP contribution is 2.25. The van der Waals surface area contributed by atoms with Crippen LogP contribution in [-0.4, -0.2) is 27.8 Å². The molecule has 0 atom stereocenters. The van der Waals surface area contributed by atoms with E-state index in [2.05, 4.69) is 15.4 Å². The predicted octanol–water partition coefficient (Wildman–Crippen LogP) is 6.13. The van der Waals surface area contributed by atoms with Gasteiger partial charge in [0.05, 0.1) is 12.8 Å². The zero-order valence-electron chi connectivity index (χ0n) is 19.3. The number of hydrogen-bond donors (Lipinski definition) is 1. The lowest BCUT2D eigenvalue weighted by molar-refractivity contribution is 0.101. The Balaban J connectivity index is 1.40. The van der Waals surface area contributed by atoms with Crippen LogP contribution in [0.4, 0.5) is 10.1 Å². The van der Waals surface area contributed by atoms with Crippen LogP contribution in [0.1, 0.15) is 10.6 Å². The number of carbonyl (C=O) groups excluding carboxylic acids is 1. The molecule has 7 nitrogen and oxygen atoms in total. The summed E-state index contributed by atoms with van der Waals surface area (Å²) < 4.78 is 26.1. The topological polar surface area (TPSA) is 78.3 Å². The van der Waals surface area contributed by atoms with E-state index in [4.69, 9.17) is 9.47 Å². The van der Waals surface area contributed by atoms with E-state index in [0.29, 0.717) is 34.3 Å². The van der Waals surface area contributed by atoms with Crippen molar-refractivity contribution in [2.45, 2.75) is 0 Å². The fourth-order valence-electron chi connectivity index (χ4n) is 3.52. The van der Waals surface area contributed by atoms with Gasteiger partial charge in [0.15, 0.2) is 5.82 Å². The Morgan fingerprint density at radius 2 is 1.44 bits per heavy atom. The van der Waals surface area contributed by atoms with Crippen molar-refractivity contribution in [1.29, 1.82) is 0 Å². The molecule has 0 saturated heterocycles. The van der Waals surface area contributed by atoms with E-state index in [9.17, 15) is 9.18 Å². The van der Waals surface area contributed by atoms with Crippen molar-refractivity contribution in [2.75, 3.05) is 12.4 Å². The summed E-state index contributed by atoms with van der Waals surface area (Å²) in [5.41, 5.74) is 1.84. The molecule has 1 aromatic heterocycles. The van der Waals surface area contributed by atoms with Gasteiger partial charge >= 0.3 is 0 Å². The summed E-state index contributed by atoms with van der Waals surface area (Å²) in [4.78, 5) is 17.5. The van der Waals surface area contributed by atoms with Crippen LogP contribution in [0.2, 0.25) is 0 Å². The summed E-state index contributed by atoms with van der Waals surface area (Å²) in [6, 6.07) is 29.4. The first-order valence-electron chi connectivity index (χ1n) is 11.1. The molecule has 5 aromatic rings. The largest absolute Gasteiger partial charge is 0.497 e. The van der Waals surface area contributed by atoms with Crippen molar-refractivity contribution < 1.29 is 18.7 Å². The van der Waals surface area contributed by atoms with E-state index in [1.165, 1.54) is 12.1 Å². The normalized spacial score (nSPS) is 10.6. The monoisotopic (exact) mass is 480 g/mol. The molecule has 0 saturated carbocycles. The first kappa shape index (κ1) is 22.8. The molecule has 5 rings (SSSR count). The SMILES string of the molecule is COc1ccc(-n2nc(C(=O)Nc3ccc(Oc4ccccc4)cc3)nc2-c2ccc(F)cc2)cc1. The Morgan fingerprint density at radius 3 is 2.11 bits per heavy atom. The minimum atomic E-state index is -0.484. The van der Waals surface area contributed by atoms with Crippen LogP contribution < -0.4 is 14.8 Å². The Labute approximate surface area is 206 Å². The predicted molar refractivity (Wildman–Crippen MR) is 134 cm³/mol. The molecule has 1 amide bonds. The number of halogens is 1. The minimum absolute atomic E-state index is 0.0326. The van der Waals surface area contributed by atoms with Gasteiger partial charge in [-0.3, -0.25) is 4.79 Å². The molecule has 0 spiro atoms. The lowest BCUT2D eigenvalue weighted by Gasteiger charge is -2.07. The highest BCUT2D eigenvalue weighted by atomic mass is 19.1. The first-order chi connectivity index (χ1) is 17.6. The van der Waals surface area contributed by atoms with E-state index >= 15 is 0 Å². The summed E-state index contributed by atoms with van der Waals surface area (Å²) in [7, 11) is 1.58. The molecule has 178 valence electrons. The number of amides is 1. The zero-order valence-corrected chi connectivity index (χ0v) is 19.3. The summed E-state index contributed by atoms with van der Waals surface area (Å²) >= 11 is 0. The van der Waals surface area contributed by atoms with Crippen LogP contribution in [0.15, 0.2) is 103 Å². The van der Waals surface area contributed by atoms with E-state index < -0.39 is 5.91 Å². The van der Waals surface area contributed by atoms with Crippen LogP contribution >= 0.6 is 0 Å². The number of aromatic nitrogens is 3. The lowest BCUT2D eigenvalue weighted by Crippen LogP contribution is -2.14. The number of ether oxygens (including phenoxy) is 2. The van der Waals surface area contributed by atoms with Gasteiger partial charge in [0.2, 0.25) is 5.82 Å². The van der Waals surface area contributed by atoms with Crippen molar-refractivity contribution in [3.8, 4) is 34.3 Å². The summed E-state index contributed by atoms with van der Waals surface area (Å²) in [5, 5.41) is 7.25. The van der Waals surface area contributed by atoms with Gasteiger partial charge in [-0.25, -0.2) is 14.1 Å². The highest BCUT2D eigenvalue weighted by molar-refractivity contribution is 6.01. The second kappa shape index (κ2) is 10.1. The smallest absolute Gasteiger partial charge is 0.295 e. The van der Waals surface area contributed by atoms with Gasteiger partial charge in [0.25, 0.3) is 5.91 Å². The maximum atomic E-state index is 13.5. The van der Waals surface area contributed by atoms with Crippen LogP contribution in [-0.2, 0) is 0 Å². The molecule has 0 aliphatic heterocycles. The fourth-order valence-corrected chi connectivity index (χ4v) is 3.52. The zero-order chi connectivity index (χ0) is 24.9. The van der Waals surface area contributed by atoms with Gasteiger partial charge in [-0.05, 0) is 84.9 Å². The van der Waals surface area contributed by atoms with E-state index in [-0.39, 0.29) is 11.6 Å². The van der Waals surface area contributed by atoms with Crippen molar-refractivity contribution >= 4 is 11.6 Å². The third-order valence-electron chi connectivity index (χ3n) is 5.32. The number of carbonyl (C=O) groups is 1. The first-order valence-corrected chi connectivity index (χ1v) is 11.1. The molecular weight excluding hydrogens is 459 g/mol. The van der Waals surface area contributed by atoms with Crippen molar-refractivity contribution in [1.82, 2.24) is 14.8 Å². The molecular formula is C28H21FN4O3. The molecule has 1 N–H and O–H groups in total. The van der Waals surface area contributed by atoms with Gasteiger partial charge < -0.3 is 14.8 Å². The molecule has 1 heterocycles. The average Bonchev–Trinajstić information content (AvgIpc) is 3.37. The van der Waals surface area contributed by atoms with Crippen molar-refractivity contribution in [2.24, 2.45) is 0 Å². The summed E-state index contributed by atoms with van der Waals surface area (Å²) in [6.07, 6.45) is 0. The third kappa shape index (κ3) is 5.07. The number of para-hydroxylation sites is 1. The third-order valence-corrected chi connectivity index (χ3v) is 5.32. The number of anilines is 1. The van der Waals surface area contributed by atoms with Crippen LogP contribution in [0, 0.1) is 5.82 Å². The number of benzene rings is 4. The second-order valence-corrected chi connectivity index (χ2v) is 7.77. The van der Waals surface area contributed by atoms with Gasteiger partial charge in [-0.15, -0.1) is 5.10 Å². The quantitative estimate of drug-likeness (QED) is 0.303. The van der Waals surface area contributed by atoms with Crippen LogP contribution in [0.5, 0.6) is 17.2 Å². The molecule has 0 fully saturated rings. The molecule has 0 aliphatic rings. The summed E-state index contributed by atoms with van der Waals surface area (Å²) in [6.45, 7) is 0. The van der Waals surface area contributed by atoms with Crippen LogP contribution in [0.25, 0.3) is 17.1 Å².